The van der Waals surface area contributed by atoms with Crippen LogP contribution in [0.5, 0.6) is 0 Å². The van der Waals surface area contributed by atoms with Crippen LogP contribution < -0.4 is 0 Å². The summed E-state index contributed by atoms with van der Waals surface area (Å²) in [6.07, 6.45) is 0. The lowest BCUT2D eigenvalue weighted by Gasteiger charge is -2.12. The fourth-order valence-corrected chi connectivity index (χ4v) is 4.13. The van der Waals surface area contributed by atoms with Crippen molar-refractivity contribution in [1.82, 2.24) is 19.1 Å². The third-order valence-electron chi connectivity index (χ3n) is 5.59. The quantitative estimate of drug-likeness (QED) is 0.334. The van der Waals surface area contributed by atoms with Gasteiger partial charge in [-0.3, -0.25) is 13.9 Å². The Labute approximate surface area is 187 Å². The number of carbonyl (C=O) groups excluding carboxylic acids is 1. The number of nitriles is 1. The monoisotopic (exact) mass is 441 g/mol. The average Bonchev–Trinajstić information content (AvgIpc) is 3.36. The summed E-state index contributed by atoms with van der Waals surface area (Å²) in [5, 5.41) is 9.76. The molecule has 8 heteroatoms. The highest BCUT2D eigenvalue weighted by Gasteiger charge is 2.30. The van der Waals surface area contributed by atoms with Crippen molar-refractivity contribution in [3.63, 3.8) is 0 Å². The summed E-state index contributed by atoms with van der Waals surface area (Å²) in [4.78, 5) is 22.0. The van der Waals surface area contributed by atoms with Crippen molar-refractivity contribution in [3.8, 4) is 11.8 Å². The standard InChI is InChI=1S/C25H17F2N5O/c1-15-29-20-13-16(11-12-22(20)31(15)17-7-3-2-4-8-17)23(33)18(14-28)24-30-19-9-5-6-10-21(19)32(24)25(26)27/h2-13,18,25H,1H3. The fraction of sp³-hybridized carbons (Fsp3) is 0.120. The molecule has 0 bridgehead atoms. The highest BCUT2D eigenvalue weighted by molar-refractivity contribution is 6.04. The van der Waals surface area contributed by atoms with Crippen LogP contribution in [0.2, 0.25) is 0 Å². The van der Waals surface area contributed by atoms with Crippen LogP contribution in [0.25, 0.3) is 27.8 Å². The van der Waals surface area contributed by atoms with Crippen molar-refractivity contribution in [2.24, 2.45) is 0 Å². The molecule has 0 fully saturated rings. The smallest absolute Gasteiger partial charge is 0.297 e. The largest absolute Gasteiger partial charge is 0.320 e. The van der Waals surface area contributed by atoms with Crippen LogP contribution in [-0.4, -0.2) is 24.9 Å². The molecule has 0 amide bonds. The number of para-hydroxylation sites is 3. The van der Waals surface area contributed by atoms with Crippen LogP contribution in [0.3, 0.4) is 0 Å². The molecule has 0 aliphatic carbocycles. The molecule has 5 rings (SSSR count). The van der Waals surface area contributed by atoms with Gasteiger partial charge in [0.2, 0.25) is 0 Å². The first kappa shape index (κ1) is 20.5. The molecule has 6 nitrogen and oxygen atoms in total. The fourth-order valence-electron chi connectivity index (χ4n) is 4.13. The van der Waals surface area contributed by atoms with Crippen molar-refractivity contribution >= 4 is 27.9 Å². The first-order valence-electron chi connectivity index (χ1n) is 10.2. The number of Topliss-reactive ketones (excluding diaryl/α,β-unsaturated/α-hetero) is 1. The van der Waals surface area contributed by atoms with E-state index in [0.29, 0.717) is 15.6 Å². The van der Waals surface area contributed by atoms with Crippen LogP contribution in [0, 0.1) is 18.3 Å². The summed E-state index contributed by atoms with van der Waals surface area (Å²) in [5.41, 5.74) is 2.97. The van der Waals surface area contributed by atoms with Gasteiger partial charge in [0.1, 0.15) is 11.6 Å². The van der Waals surface area contributed by atoms with Gasteiger partial charge in [0.25, 0.3) is 0 Å². The number of halogens is 2. The molecule has 33 heavy (non-hydrogen) atoms. The minimum Gasteiger partial charge on any atom is -0.297 e. The van der Waals surface area contributed by atoms with Crippen molar-refractivity contribution in [1.29, 1.82) is 5.26 Å². The third kappa shape index (κ3) is 3.34. The molecule has 0 N–H and O–H groups in total. The average molecular weight is 441 g/mol. The van der Waals surface area contributed by atoms with Gasteiger partial charge >= 0.3 is 6.55 Å². The highest BCUT2D eigenvalue weighted by Crippen LogP contribution is 2.30. The van der Waals surface area contributed by atoms with Crippen LogP contribution in [-0.2, 0) is 0 Å². The van der Waals surface area contributed by atoms with Crippen LogP contribution in [0.1, 0.15) is 34.5 Å². The second-order valence-electron chi connectivity index (χ2n) is 7.57. The van der Waals surface area contributed by atoms with Gasteiger partial charge in [0, 0.05) is 11.3 Å². The lowest BCUT2D eigenvalue weighted by atomic mass is 9.97. The van der Waals surface area contributed by atoms with E-state index in [1.54, 1.807) is 36.4 Å². The molecular weight excluding hydrogens is 424 g/mol. The highest BCUT2D eigenvalue weighted by atomic mass is 19.3. The number of rotatable bonds is 5. The van der Waals surface area contributed by atoms with E-state index in [1.807, 2.05) is 47.9 Å². The minimum atomic E-state index is -2.94. The zero-order valence-corrected chi connectivity index (χ0v) is 17.5. The number of hydrogen-bond donors (Lipinski definition) is 0. The number of aryl methyl sites for hydroxylation is 1. The molecule has 2 aromatic heterocycles. The molecule has 0 saturated heterocycles. The second kappa shape index (κ2) is 7.95. The SMILES string of the molecule is Cc1nc2cc(C(=O)C(C#N)c3nc4ccccc4n3C(F)F)ccc2n1-c1ccccc1. The molecule has 1 unspecified atom stereocenters. The Hall–Kier alpha value is -4.38. The van der Waals surface area contributed by atoms with Gasteiger partial charge in [0.15, 0.2) is 11.7 Å². The van der Waals surface area contributed by atoms with Gasteiger partial charge in [-0.05, 0) is 49.4 Å². The van der Waals surface area contributed by atoms with Crippen LogP contribution in [0.4, 0.5) is 8.78 Å². The number of ketones is 1. The molecule has 5 aromatic rings. The zero-order chi connectivity index (χ0) is 23.1. The topological polar surface area (TPSA) is 76.5 Å². The van der Waals surface area contributed by atoms with Crippen molar-refractivity contribution in [2.45, 2.75) is 19.4 Å². The van der Waals surface area contributed by atoms with Crippen LogP contribution in [0.15, 0.2) is 72.8 Å². The molecule has 0 saturated carbocycles. The van der Waals surface area contributed by atoms with E-state index in [9.17, 15) is 18.8 Å². The molecule has 2 heterocycles. The summed E-state index contributed by atoms with van der Waals surface area (Å²) in [7, 11) is 0. The zero-order valence-electron chi connectivity index (χ0n) is 17.5. The molecule has 3 aromatic carbocycles. The predicted molar refractivity (Wildman–Crippen MR) is 119 cm³/mol. The summed E-state index contributed by atoms with van der Waals surface area (Å²) >= 11 is 0. The Bertz CT molecular complexity index is 1550. The Morgan fingerprint density at radius 3 is 2.39 bits per heavy atom. The van der Waals surface area contributed by atoms with E-state index in [0.717, 1.165) is 17.0 Å². The number of fused-ring (bicyclic) bond motifs is 2. The predicted octanol–water partition coefficient (Wildman–Crippen LogP) is 5.57. The second-order valence-corrected chi connectivity index (χ2v) is 7.57. The molecular formula is C25H17F2N5O. The van der Waals surface area contributed by atoms with Gasteiger partial charge in [-0.25, -0.2) is 9.97 Å². The number of aromatic nitrogens is 4. The van der Waals surface area contributed by atoms with Gasteiger partial charge in [-0.1, -0.05) is 30.3 Å². The van der Waals surface area contributed by atoms with E-state index in [1.165, 1.54) is 6.07 Å². The van der Waals surface area contributed by atoms with Gasteiger partial charge in [-0.2, -0.15) is 14.0 Å². The van der Waals surface area contributed by atoms with Crippen LogP contribution >= 0.6 is 0 Å². The van der Waals surface area contributed by atoms with E-state index >= 15 is 0 Å². The lowest BCUT2D eigenvalue weighted by molar-refractivity contribution is 0.0701. The number of alkyl halides is 2. The van der Waals surface area contributed by atoms with Gasteiger partial charge in [-0.15, -0.1) is 0 Å². The molecule has 0 radical (unpaired) electrons. The Morgan fingerprint density at radius 2 is 1.67 bits per heavy atom. The first-order valence-corrected chi connectivity index (χ1v) is 10.2. The van der Waals surface area contributed by atoms with Crippen molar-refractivity contribution < 1.29 is 13.6 Å². The maximum atomic E-state index is 13.9. The molecule has 0 aliphatic heterocycles. The summed E-state index contributed by atoms with van der Waals surface area (Å²) in [5.74, 6) is -1.63. The molecule has 162 valence electrons. The maximum Gasteiger partial charge on any atom is 0.320 e. The maximum absolute atomic E-state index is 13.9. The summed E-state index contributed by atoms with van der Waals surface area (Å²) in [6.45, 7) is -1.08. The minimum absolute atomic E-state index is 0.170. The van der Waals surface area contributed by atoms with Gasteiger partial charge in [0.05, 0.1) is 28.1 Å². The number of imidazole rings is 2. The lowest BCUT2D eigenvalue weighted by Crippen LogP contribution is -2.17. The summed E-state index contributed by atoms with van der Waals surface area (Å²) in [6, 6.07) is 22.8. The number of carbonyl (C=O) groups is 1. The molecule has 1 atom stereocenters. The van der Waals surface area contributed by atoms with Crippen molar-refractivity contribution in [2.75, 3.05) is 0 Å². The molecule has 0 spiro atoms. The normalized spacial score (nSPS) is 12.3. The Kier molecular flexibility index (Phi) is 4.94. The van der Waals surface area contributed by atoms with E-state index in [-0.39, 0.29) is 16.9 Å². The number of benzene rings is 3. The van der Waals surface area contributed by atoms with E-state index < -0.39 is 18.3 Å². The van der Waals surface area contributed by atoms with Crippen molar-refractivity contribution in [3.05, 3.63) is 90.0 Å². The van der Waals surface area contributed by atoms with Gasteiger partial charge < -0.3 is 0 Å². The first-order chi connectivity index (χ1) is 16.0. The number of nitrogens with zero attached hydrogens (tertiary/aromatic N) is 5. The Balaban J connectivity index is 1.59. The summed E-state index contributed by atoms with van der Waals surface area (Å²) < 4.78 is 30.3. The molecule has 0 aliphatic rings. The van der Waals surface area contributed by atoms with E-state index in [4.69, 9.17) is 0 Å². The Morgan fingerprint density at radius 1 is 0.939 bits per heavy atom. The van der Waals surface area contributed by atoms with E-state index in [2.05, 4.69) is 9.97 Å². The third-order valence-corrected chi connectivity index (χ3v) is 5.59. The number of hydrogen-bond acceptors (Lipinski definition) is 4.